The average molecular weight is 418 g/mol. The highest BCUT2D eigenvalue weighted by atomic mass is 16.2. The minimum atomic E-state index is 0.0799. The topological polar surface area (TPSA) is 43.9 Å². The predicted octanol–water partition coefficient (Wildman–Crippen LogP) is 3.85. The van der Waals surface area contributed by atoms with Crippen molar-refractivity contribution in [3.8, 4) is 0 Å². The van der Waals surface area contributed by atoms with E-state index in [4.69, 9.17) is 0 Å². The maximum atomic E-state index is 13.3. The summed E-state index contributed by atoms with van der Waals surface area (Å²) in [5, 5.41) is 0. The molecule has 5 nitrogen and oxygen atoms in total. The minimum absolute atomic E-state index is 0.0799. The van der Waals surface area contributed by atoms with Crippen LogP contribution in [0.15, 0.2) is 42.5 Å². The number of carbonyl (C=O) groups is 2. The molecule has 1 unspecified atom stereocenters. The zero-order chi connectivity index (χ0) is 21.4. The van der Waals surface area contributed by atoms with E-state index in [0.717, 1.165) is 61.2 Å². The van der Waals surface area contributed by atoms with Crippen LogP contribution in [0.4, 0.5) is 0 Å². The van der Waals surface area contributed by atoms with E-state index in [1.54, 1.807) is 0 Å². The summed E-state index contributed by atoms with van der Waals surface area (Å²) in [6.07, 6.45) is 5.74. The Morgan fingerprint density at radius 3 is 2.32 bits per heavy atom. The van der Waals surface area contributed by atoms with Crippen LogP contribution in [0.25, 0.3) is 0 Å². The quantitative estimate of drug-likeness (QED) is 0.762. The molecule has 5 heteroatoms. The molecule has 3 aliphatic rings. The van der Waals surface area contributed by atoms with Crippen molar-refractivity contribution in [2.75, 3.05) is 26.2 Å². The van der Waals surface area contributed by atoms with Crippen LogP contribution in [-0.4, -0.2) is 58.9 Å². The van der Waals surface area contributed by atoms with Gasteiger partial charge >= 0.3 is 0 Å². The Morgan fingerprint density at radius 2 is 1.55 bits per heavy atom. The van der Waals surface area contributed by atoms with Crippen LogP contribution in [0.1, 0.15) is 63.1 Å². The molecule has 0 radical (unpaired) electrons. The molecular formula is C26H31N3O2. The van der Waals surface area contributed by atoms with Gasteiger partial charge in [-0.3, -0.25) is 14.5 Å². The number of nitrogens with zero attached hydrogens (tertiary/aromatic N) is 3. The molecule has 2 amide bonds. The summed E-state index contributed by atoms with van der Waals surface area (Å²) in [5.74, 6) is 0.242. The van der Waals surface area contributed by atoms with Crippen molar-refractivity contribution in [3.05, 3.63) is 70.3 Å². The number of amides is 2. The molecule has 0 aromatic heterocycles. The Bertz CT molecular complexity index is 979. The Labute approximate surface area is 184 Å². The van der Waals surface area contributed by atoms with Crippen LogP contribution in [0, 0.1) is 6.92 Å². The number of rotatable bonds is 3. The molecule has 0 saturated carbocycles. The van der Waals surface area contributed by atoms with Gasteiger partial charge in [-0.05, 0) is 74.4 Å². The van der Waals surface area contributed by atoms with Gasteiger partial charge < -0.3 is 9.80 Å². The highest BCUT2D eigenvalue weighted by Crippen LogP contribution is 2.28. The van der Waals surface area contributed by atoms with Crippen molar-refractivity contribution in [1.82, 2.24) is 14.7 Å². The first-order chi connectivity index (χ1) is 15.1. The van der Waals surface area contributed by atoms with Crippen molar-refractivity contribution in [1.29, 1.82) is 0 Å². The molecule has 0 N–H and O–H groups in total. The molecule has 5 rings (SSSR count). The predicted molar refractivity (Wildman–Crippen MR) is 121 cm³/mol. The second-order valence-electron chi connectivity index (χ2n) is 9.19. The second kappa shape index (κ2) is 8.46. The van der Waals surface area contributed by atoms with Crippen molar-refractivity contribution >= 4 is 11.8 Å². The molecule has 2 aromatic carbocycles. The summed E-state index contributed by atoms with van der Waals surface area (Å²) in [7, 11) is 0. The van der Waals surface area contributed by atoms with Gasteiger partial charge in [0, 0.05) is 43.9 Å². The van der Waals surface area contributed by atoms with Crippen LogP contribution in [0.2, 0.25) is 0 Å². The lowest BCUT2D eigenvalue weighted by Crippen LogP contribution is -2.46. The average Bonchev–Trinajstić information content (AvgIpc) is 3.49. The van der Waals surface area contributed by atoms with E-state index in [2.05, 4.69) is 21.9 Å². The van der Waals surface area contributed by atoms with E-state index in [-0.39, 0.29) is 18.0 Å². The van der Waals surface area contributed by atoms with E-state index in [1.165, 1.54) is 18.4 Å². The van der Waals surface area contributed by atoms with Gasteiger partial charge in [0.05, 0.1) is 6.17 Å². The first-order valence-electron chi connectivity index (χ1n) is 11.6. The standard InChI is InChI=1S/C26H31N3O2/c1-19-6-8-20(9-7-19)25(30)28-16-12-21-17-22(10-11-23(21)18-28)26(31)29-15-4-5-24(29)27-13-2-3-14-27/h6-11,17,24H,2-5,12-16,18H2,1H3. The number of carbonyl (C=O) groups excluding carboxylic acids is 2. The number of benzene rings is 2. The maximum Gasteiger partial charge on any atom is 0.255 e. The summed E-state index contributed by atoms with van der Waals surface area (Å²) in [4.78, 5) is 32.7. The zero-order valence-corrected chi connectivity index (χ0v) is 18.3. The Hall–Kier alpha value is -2.66. The molecule has 31 heavy (non-hydrogen) atoms. The fraction of sp³-hybridized carbons (Fsp3) is 0.462. The van der Waals surface area contributed by atoms with Gasteiger partial charge in [0.15, 0.2) is 0 Å². The Kier molecular flexibility index (Phi) is 5.53. The summed E-state index contributed by atoms with van der Waals surface area (Å²) in [5.41, 5.74) is 5.05. The molecule has 0 bridgehead atoms. The minimum Gasteiger partial charge on any atom is -0.334 e. The van der Waals surface area contributed by atoms with E-state index >= 15 is 0 Å². The third-order valence-corrected chi connectivity index (χ3v) is 7.10. The molecule has 0 spiro atoms. The lowest BCUT2D eigenvalue weighted by atomic mass is 9.96. The van der Waals surface area contributed by atoms with Gasteiger partial charge in [-0.15, -0.1) is 0 Å². The Morgan fingerprint density at radius 1 is 0.806 bits per heavy atom. The molecule has 2 fully saturated rings. The van der Waals surface area contributed by atoms with E-state index in [0.29, 0.717) is 13.1 Å². The third kappa shape index (κ3) is 3.99. The summed E-state index contributed by atoms with van der Waals surface area (Å²) in [6.45, 7) is 6.41. The fourth-order valence-electron chi connectivity index (χ4n) is 5.31. The van der Waals surface area contributed by atoms with Crippen LogP contribution in [0.3, 0.4) is 0 Å². The molecule has 3 heterocycles. The van der Waals surface area contributed by atoms with Crippen LogP contribution in [0.5, 0.6) is 0 Å². The molecule has 2 aromatic rings. The third-order valence-electron chi connectivity index (χ3n) is 7.10. The SMILES string of the molecule is Cc1ccc(C(=O)N2CCc3cc(C(=O)N4CCCC4N4CCCC4)ccc3C2)cc1. The smallest absolute Gasteiger partial charge is 0.255 e. The van der Waals surface area contributed by atoms with Gasteiger partial charge in [0.25, 0.3) is 11.8 Å². The van der Waals surface area contributed by atoms with E-state index < -0.39 is 0 Å². The highest BCUT2D eigenvalue weighted by Gasteiger charge is 2.35. The molecule has 2 saturated heterocycles. The summed E-state index contributed by atoms with van der Waals surface area (Å²) >= 11 is 0. The first-order valence-corrected chi connectivity index (χ1v) is 11.6. The second-order valence-corrected chi connectivity index (χ2v) is 9.19. The lowest BCUT2D eigenvalue weighted by Gasteiger charge is -2.33. The maximum absolute atomic E-state index is 13.3. The van der Waals surface area contributed by atoms with Crippen LogP contribution < -0.4 is 0 Å². The molecular weight excluding hydrogens is 386 g/mol. The van der Waals surface area contributed by atoms with Crippen LogP contribution >= 0.6 is 0 Å². The molecule has 0 aliphatic carbocycles. The highest BCUT2D eigenvalue weighted by molar-refractivity contribution is 5.95. The van der Waals surface area contributed by atoms with Crippen molar-refractivity contribution in [2.45, 2.75) is 51.7 Å². The van der Waals surface area contributed by atoms with Crippen molar-refractivity contribution in [2.24, 2.45) is 0 Å². The number of fused-ring (bicyclic) bond motifs is 1. The van der Waals surface area contributed by atoms with Crippen molar-refractivity contribution in [3.63, 3.8) is 0 Å². The van der Waals surface area contributed by atoms with Gasteiger partial charge in [-0.2, -0.15) is 0 Å². The largest absolute Gasteiger partial charge is 0.334 e. The first kappa shape index (κ1) is 20.3. The number of hydrogen-bond donors (Lipinski definition) is 0. The van der Waals surface area contributed by atoms with Gasteiger partial charge in [-0.1, -0.05) is 23.8 Å². The molecule has 3 aliphatic heterocycles. The van der Waals surface area contributed by atoms with Gasteiger partial charge in [0.1, 0.15) is 0 Å². The monoisotopic (exact) mass is 417 g/mol. The van der Waals surface area contributed by atoms with Gasteiger partial charge in [0.2, 0.25) is 0 Å². The summed E-state index contributed by atoms with van der Waals surface area (Å²) < 4.78 is 0. The normalized spacial score (nSPS) is 21.4. The number of likely N-dealkylation sites (tertiary alicyclic amines) is 2. The summed E-state index contributed by atoms with van der Waals surface area (Å²) in [6, 6.07) is 13.9. The number of hydrogen-bond acceptors (Lipinski definition) is 3. The van der Waals surface area contributed by atoms with E-state index in [9.17, 15) is 9.59 Å². The zero-order valence-electron chi connectivity index (χ0n) is 18.3. The van der Waals surface area contributed by atoms with E-state index in [1.807, 2.05) is 42.2 Å². The van der Waals surface area contributed by atoms with Gasteiger partial charge in [-0.25, -0.2) is 0 Å². The lowest BCUT2D eigenvalue weighted by molar-refractivity contribution is 0.0530. The molecule has 1 atom stereocenters. The molecule has 162 valence electrons. The van der Waals surface area contributed by atoms with Crippen LogP contribution in [-0.2, 0) is 13.0 Å². The Balaban J connectivity index is 1.30. The number of aryl methyl sites for hydroxylation is 1. The fourth-order valence-corrected chi connectivity index (χ4v) is 5.31. The van der Waals surface area contributed by atoms with Crippen molar-refractivity contribution < 1.29 is 9.59 Å².